The molecule has 0 heterocycles. The first-order valence-electron chi connectivity index (χ1n) is 5.45. The topological polar surface area (TPSA) is 110 Å². The normalized spacial score (nSPS) is 8.70. The van der Waals surface area contributed by atoms with Crippen LogP contribution in [0.5, 0.6) is 0 Å². The number of hydrogen-bond acceptors (Lipinski definition) is 6. The van der Waals surface area contributed by atoms with Crippen LogP contribution in [0.15, 0.2) is 36.9 Å². The summed E-state index contributed by atoms with van der Waals surface area (Å²) in [5, 5.41) is 16.7. The lowest BCUT2D eigenvalue weighted by atomic mass is 10.1. The third-order valence-electron chi connectivity index (χ3n) is 1.91. The summed E-state index contributed by atoms with van der Waals surface area (Å²) >= 11 is 0. The van der Waals surface area contributed by atoms with E-state index in [-0.39, 0.29) is 17.1 Å². The number of esters is 1. The van der Waals surface area contributed by atoms with E-state index in [4.69, 9.17) is 10.4 Å². The largest absolute Gasteiger partial charge is 0.478 e. The molecule has 7 heteroatoms. The summed E-state index contributed by atoms with van der Waals surface area (Å²) in [6.45, 7) is 5.38. The van der Waals surface area contributed by atoms with E-state index in [1.165, 1.54) is 24.3 Å². The fraction of sp³-hybridized carbons (Fsp3) is 0.154. The van der Waals surface area contributed by atoms with Gasteiger partial charge in [0.15, 0.2) is 0 Å². The van der Waals surface area contributed by atoms with Crippen molar-refractivity contribution in [1.82, 2.24) is 0 Å². The second-order valence-electron chi connectivity index (χ2n) is 3.19. The SMILES string of the molecule is C=CC(=O)OCC.O=C(O)c1ccccc1C(=O)OO. The fourth-order valence-corrected chi connectivity index (χ4v) is 1.10. The summed E-state index contributed by atoms with van der Waals surface area (Å²) in [5.41, 5.74) is -0.390. The molecular formula is C13H14O7. The zero-order chi connectivity index (χ0) is 15.5. The van der Waals surface area contributed by atoms with Gasteiger partial charge >= 0.3 is 17.9 Å². The Balaban J connectivity index is 0.000000441. The second-order valence-corrected chi connectivity index (χ2v) is 3.19. The Morgan fingerprint density at radius 2 is 1.80 bits per heavy atom. The first-order chi connectivity index (χ1) is 9.47. The van der Waals surface area contributed by atoms with Crippen molar-refractivity contribution in [3.63, 3.8) is 0 Å². The molecule has 0 aliphatic carbocycles. The highest BCUT2D eigenvalue weighted by Crippen LogP contribution is 2.09. The summed E-state index contributed by atoms with van der Waals surface area (Å²) in [4.78, 5) is 34.9. The molecule has 1 rings (SSSR count). The predicted molar refractivity (Wildman–Crippen MR) is 68.3 cm³/mol. The van der Waals surface area contributed by atoms with Crippen molar-refractivity contribution in [2.75, 3.05) is 6.61 Å². The Morgan fingerprint density at radius 1 is 1.25 bits per heavy atom. The molecule has 20 heavy (non-hydrogen) atoms. The van der Waals surface area contributed by atoms with E-state index in [0.29, 0.717) is 6.61 Å². The van der Waals surface area contributed by atoms with Gasteiger partial charge in [-0.3, -0.25) is 4.89 Å². The molecule has 0 saturated carbocycles. The Labute approximate surface area is 115 Å². The highest BCUT2D eigenvalue weighted by Gasteiger charge is 2.16. The van der Waals surface area contributed by atoms with E-state index >= 15 is 0 Å². The molecule has 0 fully saturated rings. The number of carboxylic acids is 1. The van der Waals surface area contributed by atoms with Crippen molar-refractivity contribution < 1.29 is 34.4 Å². The summed E-state index contributed by atoms with van der Waals surface area (Å²) in [6, 6.07) is 5.44. The van der Waals surface area contributed by atoms with Crippen LogP contribution in [-0.4, -0.2) is 34.9 Å². The molecule has 0 spiro atoms. The predicted octanol–water partition coefficient (Wildman–Crippen LogP) is 1.75. The number of aromatic carboxylic acids is 1. The van der Waals surface area contributed by atoms with Gasteiger partial charge in [-0.2, -0.15) is 5.26 Å². The third-order valence-corrected chi connectivity index (χ3v) is 1.91. The van der Waals surface area contributed by atoms with E-state index in [0.717, 1.165) is 6.08 Å². The zero-order valence-electron chi connectivity index (χ0n) is 10.7. The number of ether oxygens (including phenoxy) is 1. The molecule has 0 bridgehead atoms. The van der Waals surface area contributed by atoms with Gasteiger partial charge in [0.05, 0.1) is 17.7 Å². The van der Waals surface area contributed by atoms with E-state index < -0.39 is 11.9 Å². The molecule has 0 amide bonds. The minimum atomic E-state index is -1.25. The van der Waals surface area contributed by atoms with E-state index in [1.54, 1.807) is 6.92 Å². The average molecular weight is 282 g/mol. The monoisotopic (exact) mass is 282 g/mol. The Morgan fingerprint density at radius 3 is 2.15 bits per heavy atom. The standard InChI is InChI=1S/C8H6O5.C5H8O2/c9-7(10)5-3-1-2-4-6(5)8(11)13-12;1-3-5(6)7-4-2/h1-4,12H,(H,9,10);3H,1,4H2,2H3. The molecule has 0 atom stereocenters. The van der Waals surface area contributed by atoms with Crippen molar-refractivity contribution in [3.05, 3.63) is 48.0 Å². The molecule has 1 aromatic rings. The molecule has 0 aliphatic heterocycles. The van der Waals surface area contributed by atoms with Crippen LogP contribution < -0.4 is 0 Å². The fourth-order valence-electron chi connectivity index (χ4n) is 1.10. The molecular weight excluding hydrogens is 268 g/mol. The van der Waals surface area contributed by atoms with Gasteiger partial charge in [0, 0.05) is 6.08 Å². The van der Waals surface area contributed by atoms with Gasteiger partial charge in [-0.1, -0.05) is 18.7 Å². The number of carbonyl (C=O) groups is 3. The number of carboxylic acid groups (broad SMARTS) is 1. The summed E-state index contributed by atoms with van der Waals surface area (Å²) in [5.74, 6) is -2.69. The Bertz CT molecular complexity index is 493. The lowest BCUT2D eigenvalue weighted by molar-refractivity contribution is -0.182. The lowest BCUT2D eigenvalue weighted by Crippen LogP contribution is -2.09. The van der Waals surface area contributed by atoms with E-state index in [9.17, 15) is 14.4 Å². The number of rotatable bonds is 4. The van der Waals surface area contributed by atoms with Gasteiger partial charge in [-0.25, -0.2) is 14.4 Å². The van der Waals surface area contributed by atoms with Gasteiger partial charge in [-0.05, 0) is 19.1 Å². The van der Waals surface area contributed by atoms with Crippen LogP contribution in [0, 0.1) is 0 Å². The zero-order valence-corrected chi connectivity index (χ0v) is 10.7. The van der Waals surface area contributed by atoms with Crippen LogP contribution in [0.2, 0.25) is 0 Å². The van der Waals surface area contributed by atoms with Crippen LogP contribution in [0.3, 0.4) is 0 Å². The molecule has 0 aliphatic rings. The van der Waals surface area contributed by atoms with Gasteiger partial charge in [-0.15, -0.1) is 0 Å². The maximum atomic E-state index is 10.8. The number of carbonyl (C=O) groups excluding carboxylic acids is 2. The minimum absolute atomic E-state index is 0.183. The molecule has 108 valence electrons. The second kappa shape index (κ2) is 9.29. The van der Waals surface area contributed by atoms with Crippen LogP contribution in [0.4, 0.5) is 0 Å². The quantitative estimate of drug-likeness (QED) is 0.374. The molecule has 0 saturated heterocycles. The molecule has 0 aromatic heterocycles. The lowest BCUT2D eigenvalue weighted by Gasteiger charge is -2.00. The van der Waals surface area contributed by atoms with Crippen molar-refractivity contribution in [2.45, 2.75) is 6.92 Å². The summed E-state index contributed by atoms with van der Waals surface area (Å²) < 4.78 is 4.43. The molecule has 0 unspecified atom stereocenters. The maximum absolute atomic E-state index is 10.8. The highest BCUT2D eigenvalue weighted by atomic mass is 17.1. The molecule has 1 aromatic carbocycles. The van der Waals surface area contributed by atoms with Crippen LogP contribution in [0.25, 0.3) is 0 Å². The van der Waals surface area contributed by atoms with Gasteiger partial charge in [0.25, 0.3) is 0 Å². The van der Waals surface area contributed by atoms with Gasteiger partial charge in [0.2, 0.25) is 0 Å². The van der Waals surface area contributed by atoms with Crippen LogP contribution in [0.1, 0.15) is 27.6 Å². The number of hydrogen-bond donors (Lipinski definition) is 2. The van der Waals surface area contributed by atoms with Gasteiger partial charge in [0.1, 0.15) is 0 Å². The van der Waals surface area contributed by atoms with E-state index in [1.807, 2.05) is 0 Å². The van der Waals surface area contributed by atoms with Crippen LogP contribution in [-0.2, 0) is 14.4 Å². The first-order valence-corrected chi connectivity index (χ1v) is 5.45. The smallest absolute Gasteiger partial charge is 0.373 e. The minimum Gasteiger partial charge on any atom is -0.478 e. The average Bonchev–Trinajstić information content (AvgIpc) is 2.47. The molecule has 7 nitrogen and oxygen atoms in total. The maximum Gasteiger partial charge on any atom is 0.373 e. The van der Waals surface area contributed by atoms with Gasteiger partial charge < -0.3 is 9.84 Å². The summed E-state index contributed by atoms with van der Waals surface area (Å²) in [6.07, 6.45) is 1.14. The highest BCUT2D eigenvalue weighted by molar-refractivity contribution is 6.02. The van der Waals surface area contributed by atoms with Crippen molar-refractivity contribution in [1.29, 1.82) is 0 Å². The van der Waals surface area contributed by atoms with Crippen molar-refractivity contribution >= 4 is 17.9 Å². The Kier molecular flexibility index (Phi) is 8.05. The third kappa shape index (κ3) is 5.78. The van der Waals surface area contributed by atoms with E-state index in [2.05, 4.69) is 16.2 Å². The molecule has 0 radical (unpaired) electrons. The van der Waals surface area contributed by atoms with Crippen LogP contribution >= 0.6 is 0 Å². The number of benzene rings is 1. The summed E-state index contributed by atoms with van der Waals surface area (Å²) in [7, 11) is 0. The van der Waals surface area contributed by atoms with Crippen molar-refractivity contribution in [3.8, 4) is 0 Å². The van der Waals surface area contributed by atoms with Crippen molar-refractivity contribution in [2.24, 2.45) is 0 Å². The Hall–Kier alpha value is -2.67. The molecule has 2 N–H and O–H groups in total. The first kappa shape index (κ1) is 17.3.